The number of hydrogen-bond donors (Lipinski definition) is 2. The van der Waals surface area contributed by atoms with Gasteiger partial charge in [-0.25, -0.2) is 10.6 Å². The lowest BCUT2D eigenvalue weighted by Crippen LogP contribution is -2.49. The Morgan fingerprint density at radius 2 is 1.87 bits per heavy atom. The number of nitrogens with one attached hydrogen (secondary N) is 1. The van der Waals surface area contributed by atoms with E-state index in [-0.39, 0.29) is 5.91 Å². The zero-order valence-corrected chi connectivity index (χ0v) is 9.83. The van der Waals surface area contributed by atoms with Crippen LogP contribution in [0.5, 0.6) is 0 Å². The van der Waals surface area contributed by atoms with Crippen LogP contribution in [0.15, 0.2) is 0 Å². The molecule has 0 radical (unpaired) electrons. The summed E-state index contributed by atoms with van der Waals surface area (Å²) in [5, 5.41) is 3.30. The predicted octanol–water partition coefficient (Wildman–Crippen LogP) is 0.232. The Balaban J connectivity index is 4.14. The van der Waals surface area contributed by atoms with E-state index in [9.17, 15) is 9.59 Å². The van der Waals surface area contributed by atoms with Gasteiger partial charge in [0.1, 0.15) is 11.6 Å². The normalized spacial score (nSPS) is 12.9. The topological polar surface area (TPSA) is 84.7 Å². The average molecular weight is 217 g/mol. The van der Waals surface area contributed by atoms with Crippen LogP contribution in [0.25, 0.3) is 0 Å². The number of ether oxygens (including phenoxy) is 1. The van der Waals surface area contributed by atoms with Crippen LogP contribution in [0.1, 0.15) is 27.7 Å². The zero-order chi connectivity index (χ0) is 12.2. The van der Waals surface area contributed by atoms with Crippen molar-refractivity contribution in [2.24, 2.45) is 5.84 Å². The molecule has 0 aliphatic rings. The molecule has 0 heterocycles. The summed E-state index contributed by atoms with van der Waals surface area (Å²) in [4.78, 5) is 22.5. The van der Waals surface area contributed by atoms with Gasteiger partial charge in [0.15, 0.2) is 0 Å². The number of nitrogens with two attached hydrogens (primary N) is 1. The molecule has 15 heavy (non-hydrogen) atoms. The maximum absolute atomic E-state index is 11.3. The van der Waals surface area contributed by atoms with Gasteiger partial charge in [-0.3, -0.25) is 9.80 Å². The molecule has 2 amide bonds. The summed E-state index contributed by atoms with van der Waals surface area (Å²) in [7, 11) is 1.41. The van der Waals surface area contributed by atoms with E-state index in [4.69, 9.17) is 10.6 Å². The molecule has 0 aromatic carbocycles. The lowest BCUT2D eigenvalue weighted by Gasteiger charge is -2.22. The smallest absolute Gasteiger partial charge is 0.408 e. The van der Waals surface area contributed by atoms with Crippen LogP contribution < -0.4 is 11.2 Å². The Morgan fingerprint density at radius 3 is 2.20 bits per heavy atom. The van der Waals surface area contributed by atoms with Gasteiger partial charge in [-0.05, 0) is 27.7 Å². The summed E-state index contributed by atoms with van der Waals surface area (Å²) in [6.07, 6.45) is -0.634. The molecule has 0 aromatic rings. The van der Waals surface area contributed by atoms with Crippen LogP contribution in [-0.2, 0) is 9.53 Å². The fraction of sp³-hybridized carbons (Fsp3) is 0.778. The van der Waals surface area contributed by atoms with E-state index >= 15 is 0 Å². The second kappa shape index (κ2) is 4.97. The molecule has 0 saturated heterocycles. The van der Waals surface area contributed by atoms with Crippen molar-refractivity contribution in [3.8, 4) is 0 Å². The summed E-state index contributed by atoms with van der Waals surface area (Å²) < 4.78 is 4.98. The van der Waals surface area contributed by atoms with Crippen LogP contribution in [-0.4, -0.2) is 35.7 Å². The largest absolute Gasteiger partial charge is 0.444 e. The van der Waals surface area contributed by atoms with Crippen molar-refractivity contribution in [3.05, 3.63) is 0 Å². The number of amides is 2. The quantitative estimate of drug-likeness (QED) is 0.394. The summed E-state index contributed by atoms with van der Waals surface area (Å²) >= 11 is 0. The third-order valence-corrected chi connectivity index (χ3v) is 1.45. The monoisotopic (exact) mass is 217 g/mol. The first kappa shape index (κ1) is 13.7. The van der Waals surface area contributed by atoms with Gasteiger partial charge in [0.25, 0.3) is 5.91 Å². The second-order valence-corrected chi connectivity index (χ2v) is 4.32. The SMILES string of the molecule is CC(NC(=O)OC(C)(C)C)C(=O)N(C)N. The summed E-state index contributed by atoms with van der Waals surface area (Å²) in [6, 6.07) is -0.699. The summed E-state index contributed by atoms with van der Waals surface area (Å²) in [5.41, 5.74) is -0.582. The highest BCUT2D eigenvalue weighted by Crippen LogP contribution is 2.06. The van der Waals surface area contributed by atoms with Crippen molar-refractivity contribution in [2.75, 3.05) is 7.05 Å². The van der Waals surface area contributed by atoms with Gasteiger partial charge in [0.05, 0.1) is 0 Å². The highest BCUT2D eigenvalue weighted by molar-refractivity contribution is 5.84. The van der Waals surface area contributed by atoms with E-state index in [0.29, 0.717) is 0 Å². The number of hydrogen-bond acceptors (Lipinski definition) is 4. The van der Waals surface area contributed by atoms with Crippen molar-refractivity contribution in [1.29, 1.82) is 0 Å². The molecule has 0 aromatic heterocycles. The van der Waals surface area contributed by atoms with Crippen molar-refractivity contribution in [1.82, 2.24) is 10.3 Å². The van der Waals surface area contributed by atoms with E-state index in [1.54, 1.807) is 20.8 Å². The number of nitrogens with zero attached hydrogens (tertiary/aromatic N) is 1. The molecule has 88 valence electrons. The Morgan fingerprint density at radius 1 is 1.40 bits per heavy atom. The molecule has 0 aliphatic carbocycles. The van der Waals surface area contributed by atoms with Gasteiger partial charge in [-0.15, -0.1) is 0 Å². The first-order valence-electron chi connectivity index (χ1n) is 4.65. The van der Waals surface area contributed by atoms with Gasteiger partial charge < -0.3 is 10.1 Å². The third-order valence-electron chi connectivity index (χ3n) is 1.45. The van der Waals surface area contributed by atoms with E-state index in [0.717, 1.165) is 5.01 Å². The molecule has 0 aliphatic heterocycles. The number of hydrazine groups is 1. The Hall–Kier alpha value is -1.30. The highest BCUT2D eigenvalue weighted by atomic mass is 16.6. The van der Waals surface area contributed by atoms with Crippen molar-refractivity contribution in [2.45, 2.75) is 39.3 Å². The molecule has 0 rings (SSSR count). The standard InChI is InChI=1S/C9H19N3O3/c1-6(7(13)12(5)10)11-8(14)15-9(2,3)4/h6H,10H2,1-5H3,(H,11,14). The minimum atomic E-state index is -0.699. The van der Waals surface area contributed by atoms with Gasteiger partial charge in [0.2, 0.25) is 0 Å². The molecule has 1 atom stereocenters. The molecular formula is C9H19N3O3. The van der Waals surface area contributed by atoms with Gasteiger partial charge in [-0.2, -0.15) is 0 Å². The summed E-state index contributed by atoms with van der Waals surface area (Å²) in [5.74, 6) is 4.84. The Labute approximate surface area is 89.7 Å². The van der Waals surface area contributed by atoms with E-state index in [1.807, 2.05) is 0 Å². The van der Waals surface area contributed by atoms with Crippen LogP contribution in [0, 0.1) is 0 Å². The number of carbonyl (C=O) groups excluding carboxylic acids is 2. The van der Waals surface area contributed by atoms with E-state index < -0.39 is 17.7 Å². The Kier molecular flexibility index (Phi) is 4.54. The Bertz CT molecular complexity index is 245. The maximum atomic E-state index is 11.3. The second-order valence-electron chi connectivity index (χ2n) is 4.32. The van der Waals surface area contributed by atoms with Crippen molar-refractivity contribution in [3.63, 3.8) is 0 Å². The van der Waals surface area contributed by atoms with Gasteiger partial charge in [-0.1, -0.05) is 0 Å². The fourth-order valence-corrected chi connectivity index (χ4v) is 0.852. The first-order valence-corrected chi connectivity index (χ1v) is 4.65. The van der Waals surface area contributed by atoms with Crippen LogP contribution in [0.2, 0.25) is 0 Å². The first-order chi connectivity index (χ1) is 6.63. The number of alkyl carbamates (subject to hydrolysis) is 1. The molecular weight excluding hydrogens is 198 g/mol. The van der Waals surface area contributed by atoms with E-state index in [2.05, 4.69) is 5.32 Å². The minimum absolute atomic E-state index is 0.388. The predicted molar refractivity (Wildman–Crippen MR) is 55.8 cm³/mol. The fourth-order valence-electron chi connectivity index (χ4n) is 0.852. The lowest BCUT2D eigenvalue weighted by atomic mass is 10.2. The average Bonchev–Trinajstić information content (AvgIpc) is 1.98. The van der Waals surface area contributed by atoms with Gasteiger partial charge >= 0.3 is 6.09 Å². The highest BCUT2D eigenvalue weighted by Gasteiger charge is 2.21. The molecule has 1 unspecified atom stereocenters. The molecule has 0 spiro atoms. The molecule has 0 saturated carbocycles. The molecule has 6 nitrogen and oxygen atoms in total. The van der Waals surface area contributed by atoms with Crippen LogP contribution >= 0.6 is 0 Å². The number of likely N-dealkylation sites (N-methyl/N-ethyl adjacent to an activating group) is 1. The molecule has 3 N–H and O–H groups in total. The molecule has 0 bridgehead atoms. The lowest BCUT2D eigenvalue weighted by molar-refractivity contribution is -0.131. The zero-order valence-electron chi connectivity index (χ0n) is 9.83. The number of carbonyl (C=O) groups is 2. The summed E-state index contributed by atoms with van der Waals surface area (Å²) in [6.45, 7) is 6.77. The number of rotatable bonds is 2. The minimum Gasteiger partial charge on any atom is -0.444 e. The molecule has 0 fully saturated rings. The molecule has 6 heteroatoms. The van der Waals surface area contributed by atoms with Gasteiger partial charge in [0, 0.05) is 7.05 Å². The van der Waals surface area contributed by atoms with E-state index in [1.165, 1.54) is 14.0 Å². The van der Waals surface area contributed by atoms with Crippen molar-refractivity contribution < 1.29 is 14.3 Å². The van der Waals surface area contributed by atoms with Crippen LogP contribution in [0.3, 0.4) is 0 Å². The maximum Gasteiger partial charge on any atom is 0.408 e. The van der Waals surface area contributed by atoms with Crippen LogP contribution in [0.4, 0.5) is 4.79 Å². The third kappa shape index (κ3) is 5.90. The van der Waals surface area contributed by atoms with Crippen molar-refractivity contribution >= 4 is 12.0 Å².